The summed E-state index contributed by atoms with van der Waals surface area (Å²) in [6.45, 7) is -0.389. The molecule has 0 radical (unpaired) electrons. The molecule has 1 aromatic rings. The van der Waals surface area contributed by atoms with Gasteiger partial charge in [0.25, 0.3) is 0 Å². The van der Waals surface area contributed by atoms with Crippen LogP contribution in [0.4, 0.5) is 0 Å². The quantitative estimate of drug-likeness (QED) is 0.492. The van der Waals surface area contributed by atoms with Gasteiger partial charge in [-0.25, -0.2) is 0 Å². The van der Waals surface area contributed by atoms with Gasteiger partial charge in [-0.15, -0.1) is 0 Å². The molecule has 1 aliphatic heterocycles. The van der Waals surface area contributed by atoms with Crippen LogP contribution in [0.25, 0.3) is 0 Å². The van der Waals surface area contributed by atoms with E-state index in [9.17, 15) is 15.3 Å². The van der Waals surface area contributed by atoms with Gasteiger partial charge in [0.1, 0.15) is 0 Å². The van der Waals surface area contributed by atoms with Crippen LogP contribution in [0.15, 0.2) is 30.3 Å². The maximum absolute atomic E-state index is 9.87. The predicted octanol–water partition coefficient (Wildman–Crippen LogP) is -1.54. The van der Waals surface area contributed by atoms with E-state index in [1.54, 1.807) is 0 Å². The average Bonchev–Trinajstić information content (AvgIpc) is 2.45. The van der Waals surface area contributed by atoms with Gasteiger partial charge in [-0.3, -0.25) is 0 Å². The normalized spacial score (nSPS) is 35.3. The molecule has 1 saturated heterocycles. The Morgan fingerprint density at radius 3 is 2.37 bits per heavy atom. The average molecular weight is 351 g/mol. The van der Waals surface area contributed by atoms with Gasteiger partial charge in [0.2, 0.25) is 0 Å². The van der Waals surface area contributed by atoms with E-state index in [4.69, 9.17) is 9.84 Å². The first-order chi connectivity index (χ1) is 9.13. The Balaban J connectivity index is 1.95. The molecule has 0 bridgehead atoms. The van der Waals surface area contributed by atoms with Crippen LogP contribution in [0.5, 0.6) is 0 Å². The Kier molecular flexibility index (Phi) is 5.68. The zero-order chi connectivity index (χ0) is 13.8. The maximum atomic E-state index is 9.87. The van der Waals surface area contributed by atoms with E-state index in [0.29, 0.717) is 0 Å². The topological polar surface area (TPSA) is 90.2 Å². The molecule has 7 heteroatoms. The third-order valence-electron chi connectivity index (χ3n) is 2.83. The zero-order valence-corrected chi connectivity index (χ0v) is 12.5. The summed E-state index contributed by atoms with van der Waals surface area (Å²) >= 11 is 0.0227. The van der Waals surface area contributed by atoms with Crippen molar-refractivity contribution in [1.82, 2.24) is 0 Å². The van der Waals surface area contributed by atoms with E-state index in [2.05, 4.69) is 0 Å². The third kappa shape index (κ3) is 3.71. The van der Waals surface area contributed by atoms with Crippen LogP contribution in [0.1, 0.15) is 0 Å². The SMILES string of the molecule is OC[C@H]1O[C@@H](S[Se]c2ccccc2)[C@H](O)[C@@H](O)[C@@H]1O. The molecule has 1 aromatic carbocycles. The van der Waals surface area contributed by atoms with Crippen LogP contribution in [-0.4, -0.2) is 70.7 Å². The summed E-state index contributed by atoms with van der Waals surface area (Å²) in [6.07, 6.45) is -4.58. The van der Waals surface area contributed by atoms with Crippen molar-refractivity contribution in [3.8, 4) is 0 Å². The first-order valence-corrected chi connectivity index (χ1v) is 9.58. The number of aliphatic hydroxyl groups excluding tert-OH is 4. The minimum atomic E-state index is -1.30. The summed E-state index contributed by atoms with van der Waals surface area (Å²) in [4.78, 5) is 0. The van der Waals surface area contributed by atoms with E-state index in [0.717, 1.165) is 4.46 Å². The molecule has 0 aliphatic carbocycles. The van der Waals surface area contributed by atoms with Crippen molar-refractivity contribution >= 4 is 28.5 Å². The second-order valence-corrected chi connectivity index (χ2v) is 8.26. The number of benzene rings is 1. The molecule has 0 aromatic heterocycles. The van der Waals surface area contributed by atoms with Gasteiger partial charge in [-0.1, -0.05) is 0 Å². The van der Waals surface area contributed by atoms with Crippen LogP contribution in [0.3, 0.4) is 0 Å². The Morgan fingerprint density at radius 1 is 1.05 bits per heavy atom. The van der Waals surface area contributed by atoms with Gasteiger partial charge in [0.05, 0.1) is 0 Å². The summed E-state index contributed by atoms with van der Waals surface area (Å²) in [7, 11) is 1.39. The molecule has 0 amide bonds. The fourth-order valence-electron chi connectivity index (χ4n) is 1.73. The second kappa shape index (κ2) is 7.06. The number of aliphatic hydroxyl groups is 4. The number of ether oxygens (including phenoxy) is 1. The summed E-state index contributed by atoms with van der Waals surface area (Å²) in [5, 5.41) is 38.3. The predicted molar refractivity (Wildman–Crippen MR) is 73.2 cm³/mol. The molecule has 2 rings (SSSR count). The molecule has 0 unspecified atom stereocenters. The monoisotopic (exact) mass is 352 g/mol. The number of hydrogen-bond donors (Lipinski definition) is 4. The van der Waals surface area contributed by atoms with E-state index >= 15 is 0 Å². The minimum absolute atomic E-state index is 0.0227. The Morgan fingerprint density at radius 2 is 1.74 bits per heavy atom. The molecule has 4 N–H and O–H groups in total. The van der Waals surface area contributed by atoms with Crippen molar-refractivity contribution < 1.29 is 25.2 Å². The van der Waals surface area contributed by atoms with E-state index in [-0.39, 0.29) is 20.4 Å². The van der Waals surface area contributed by atoms with Gasteiger partial charge in [0, 0.05) is 0 Å². The standard InChI is InChI=1S/C12H16O5SSe/c13-6-8-9(14)10(15)11(16)12(17-8)18-19-7-4-2-1-3-5-7/h1-5,8-16H,6H2/t8-,9-,10+,11-,12+/m1/s1. The van der Waals surface area contributed by atoms with E-state index < -0.39 is 29.9 Å². The summed E-state index contributed by atoms with van der Waals surface area (Å²) in [5.74, 6) is 0. The summed E-state index contributed by atoms with van der Waals surface area (Å²) in [6, 6.07) is 9.77. The molecular weight excluding hydrogens is 335 g/mol. The molecule has 106 valence electrons. The molecular formula is C12H16O5SSe. The Bertz CT molecular complexity index is 391. The van der Waals surface area contributed by atoms with Crippen molar-refractivity contribution in [2.75, 3.05) is 6.61 Å². The van der Waals surface area contributed by atoms with E-state index in [1.165, 1.54) is 10.2 Å². The van der Waals surface area contributed by atoms with Gasteiger partial charge in [-0.2, -0.15) is 0 Å². The Hall–Kier alpha value is -0.111. The van der Waals surface area contributed by atoms with Crippen LogP contribution >= 0.6 is 10.2 Å². The molecule has 19 heavy (non-hydrogen) atoms. The second-order valence-electron chi connectivity index (χ2n) is 4.19. The molecule has 1 aliphatic rings. The van der Waals surface area contributed by atoms with Crippen LogP contribution in [0.2, 0.25) is 0 Å². The molecule has 1 fully saturated rings. The fourth-order valence-corrected chi connectivity index (χ4v) is 5.83. The van der Waals surface area contributed by atoms with Gasteiger partial charge in [-0.05, 0) is 0 Å². The Labute approximate surface area is 120 Å². The van der Waals surface area contributed by atoms with Gasteiger partial charge < -0.3 is 0 Å². The van der Waals surface area contributed by atoms with Gasteiger partial charge >= 0.3 is 120 Å². The molecule has 0 saturated carbocycles. The van der Waals surface area contributed by atoms with Crippen LogP contribution < -0.4 is 4.46 Å². The number of rotatable bonds is 4. The summed E-state index contributed by atoms with van der Waals surface area (Å²) in [5.41, 5.74) is -0.643. The first kappa shape index (κ1) is 15.3. The van der Waals surface area contributed by atoms with Crippen molar-refractivity contribution in [1.29, 1.82) is 0 Å². The molecule has 0 spiro atoms. The first-order valence-electron chi connectivity index (χ1n) is 5.82. The molecule has 5 nitrogen and oxygen atoms in total. The van der Waals surface area contributed by atoms with Crippen LogP contribution in [0, 0.1) is 0 Å². The zero-order valence-electron chi connectivity index (χ0n) is 9.99. The number of hydrogen-bond acceptors (Lipinski definition) is 6. The molecule has 1 heterocycles. The van der Waals surface area contributed by atoms with Gasteiger partial charge in [0.15, 0.2) is 0 Å². The van der Waals surface area contributed by atoms with Crippen molar-refractivity contribution in [2.45, 2.75) is 29.9 Å². The van der Waals surface area contributed by atoms with Crippen molar-refractivity contribution in [2.24, 2.45) is 0 Å². The summed E-state index contributed by atoms with van der Waals surface area (Å²) < 4.78 is 6.56. The van der Waals surface area contributed by atoms with Crippen molar-refractivity contribution in [3.05, 3.63) is 30.3 Å². The van der Waals surface area contributed by atoms with Crippen molar-refractivity contribution in [3.63, 3.8) is 0 Å². The van der Waals surface area contributed by atoms with E-state index in [1.807, 2.05) is 30.3 Å². The molecule has 5 atom stereocenters. The fraction of sp³-hybridized carbons (Fsp3) is 0.500. The third-order valence-corrected chi connectivity index (χ3v) is 7.28. The van der Waals surface area contributed by atoms with Crippen LogP contribution in [-0.2, 0) is 4.74 Å².